The molecule has 0 saturated carbocycles. The second-order valence-corrected chi connectivity index (χ2v) is 10.4. The van der Waals surface area contributed by atoms with E-state index in [1.807, 2.05) is 0 Å². The van der Waals surface area contributed by atoms with Crippen molar-refractivity contribution in [1.82, 2.24) is 4.90 Å². The topological polar surface area (TPSA) is 69.7 Å². The molecule has 2 aliphatic rings. The predicted octanol–water partition coefficient (Wildman–Crippen LogP) is 5.74. The van der Waals surface area contributed by atoms with Crippen molar-refractivity contribution in [1.29, 1.82) is 0 Å². The van der Waals surface area contributed by atoms with Crippen LogP contribution in [0, 0.1) is 5.82 Å². The van der Waals surface area contributed by atoms with E-state index in [0.717, 1.165) is 31.0 Å². The summed E-state index contributed by atoms with van der Waals surface area (Å²) < 4.78 is 14.4. The summed E-state index contributed by atoms with van der Waals surface area (Å²) in [6.45, 7) is 2.39. The number of carbonyl (C=O) groups is 3. The van der Waals surface area contributed by atoms with Gasteiger partial charge in [-0.25, -0.2) is 4.39 Å². The molecule has 188 valence electrons. The summed E-state index contributed by atoms with van der Waals surface area (Å²) in [5.74, 6) is -1.82. The molecule has 2 heterocycles. The molecule has 6 nitrogen and oxygen atoms in total. The third-order valence-electron chi connectivity index (χ3n) is 6.18. The van der Waals surface area contributed by atoms with Crippen LogP contribution < -0.4 is 10.2 Å². The molecule has 0 bridgehead atoms. The fourth-order valence-corrected chi connectivity index (χ4v) is 5.72. The molecule has 9 heteroatoms. The highest BCUT2D eigenvalue weighted by Crippen LogP contribution is 2.44. The molecule has 4 rings (SSSR count). The number of rotatable bonds is 10. The number of fused-ring (bicyclic) bond motifs is 1. The Morgan fingerprint density at radius 3 is 2.42 bits per heavy atom. The number of nitrogens with one attached hydrogen (secondary N) is 1. The molecule has 1 saturated heterocycles. The molecule has 3 amide bonds. The zero-order valence-corrected chi connectivity index (χ0v) is 21.7. The first-order chi connectivity index (χ1) is 17.4. The van der Waals surface area contributed by atoms with Crippen molar-refractivity contribution < 1.29 is 18.8 Å². The van der Waals surface area contributed by atoms with Crippen LogP contribution in [0.25, 0.3) is 5.57 Å². The summed E-state index contributed by atoms with van der Waals surface area (Å²) in [6.07, 6.45) is 6.58. The van der Waals surface area contributed by atoms with E-state index >= 15 is 0 Å². The molecule has 0 unspecified atom stereocenters. The Morgan fingerprint density at radius 2 is 1.64 bits per heavy atom. The van der Waals surface area contributed by atoms with E-state index in [2.05, 4.69) is 12.2 Å². The Kier molecular flexibility index (Phi) is 8.53. The van der Waals surface area contributed by atoms with E-state index < -0.39 is 17.6 Å². The number of amides is 3. The van der Waals surface area contributed by atoms with Gasteiger partial charge in [0, 0.05) is 12.1 Å². The van der Waals surface area contributed by atoms with Crippen molar-refractivity contribution in [3.63, 3.8) is 0 Å². The number of thioether (sulfide) groups is 1. The lowest BCUT2D eigenvalue weighted by Crippen LogP contribution is -2.35. The molecule has 1 N–H and O–H groups in total. The molecule has 0 aliphatic carbocycles. The van der Waals surface area contributed by atoms with Crippen LogP contribution in [0.2, 0.25) is 0 Å². The Balaban J connectivity index is 1.51. The van der Waals surface area contributed by atoms with Crippen molar-refractivity contribution in [3.8, 4) is 0 Å². The second-order valence-electron chi connectivity index (χ2n) is 8.73. The van der Waals surface area contributed by atoms with E-state index in [1.54, 1.807) is 35.2 Å². The molecule has 2 aromatic rings. The molecule has 36 heavy (non-hydrogen) atoms. The van der Waals surface area contributed by atoms with Gasteiger partial charge in [0.2, 0.25) is 5.91 Å². The number of thiocarbonyl (C=S) groups is 1. The van der Waals surface area contributed by atoms with Crippen LogP contribution in [-0.4, -0.2) is 40.0 Å². The monoisotopic (exact) mass is 525 g/mol. The van der Waals surface area contributed by atoms with Crippen molar-refractivity contribution in [2.24, 2.45) is 0 Å². The van der Waals surface area contributed by atoms with Crippen LogP contribution in [-0.2, 0) is 14.4 Å². The Morgan fingerprint density at radius 1 is 0.944 bits per heavy atom. The minimum Gasteiger partial charge on any atom is -0.322 e. The normalized spacial score (nSPS) is 17.2. The first kappa shape index (κ1) is 26.0. The minimum absolute atomic E-state index is 0.0400. The van der Waals surface area contributed by atoms with Gasteiger partial charge in [-0.1, -0.05) is 93.3 Å². The maximum atomic E-state index is 14.0. The fourth-order valence-electron chi connectivity index (χ4n) is 4.34. The highest BCUT2D eigenvalue weighted by Gasteiger charge is 2.42. The van der Waals surface area contributed by atoms with Crippen LogP contribution in [0.3, 0.4) is 0 Å². The molecule has 1 fully saturated rings. The van der Waals surface area contributed by atoms with Gasteiger partial charge in [0.1, 0.15) is 16.7 Å². The summed E-state index contributed by atoms with van der Waals surface area (Å²) in [5.41, 5.74) is 1.41. The third kappa shape index (κ3) is 5.52. The molecular formula is C27H28FN3O3S2. The average Bonchev–Trinajstić information content (AvgIpc) is 3.29. The van der Waals surface area contributed by atoms with Gasteiger partial charge in [-0.3, -0.25) is 24.2 Å². The lowest BCUT2D eigenvalue weighted by atomic mass is 10.1. The first-order valence-corrected chi connectivity index (χ1v) is 13.4. The smallest absolute Gasteiger partial charge is 0.267 e. The van der Waals surface area contributed by atoms with Gasteiger partial charge in [-0.2, -0.15) is 0 Å². The zero-order chi connectivity index (χ0) is 25.7. The van der Waals surface area contributed by atoms with Gasteiger partial charge in [-0.15, -0.1) is 0 Å². The van der Waals surface area contributed by atoms with Crippen molar-refractivity contribution in [2.45, 2.75) is 45.4 Å². The molecule has 2 aromatic carbocycles. The van der Waals surface area contributed by atoms with Crippen molar-refractivity contribution >= 4 is 63.0 Å². The maximum Gasteiger partial charge on any atom is 0.267 e. The number of benzene rings is 2. The Hall–Kier alpha value is -3.04. The molecule has 0 atom stereocenters. The highest BCUT2D eigenvalue weighted by molar-refractivity contribution is 8.26. The minimum atomic E-state index is -0.561. The predicted molar refractivity (Wildman–Crippen MR) is 146 cm³/mol. The summed E-state index contributed by atoms with van der Waals surface area (Å²) in [7, 11) is 0. The summed E-state index contributed by atoms with van der Waals surface area (Å²) in [4.78, 5) is 42.7. The standard InChI is InChI=1S/C27H28FN3O3S2/c1-2-3-4-5-6-11-16-30-26(34)24(36-27(30)35)23-18-12-7-10-15-21(18)31(25(23)33)17-22(32)29-20-14-9-8-13-19(20)28/h7-10,12-15H,2-6,11,16-17H2,1H3,(H,29,32)/b24-23-. The molecule has 0 spiro atoms. The second kappa shape index (κ2) is 11.8. The largest absolute Gasteiger partial charge is 0.322 e. The van der Waals surface area contributed by atoms with E-state index in [1.165, 1.54) is 42.4 Å². The number of para-hydroxylation sites is 2. The van der Waals surface area contributed by atoms with Gasteiger partial charge in [-0.05, 0) is 24.6 Å². The number of anilines is 2. The number of halogens is 1. The van der Waals surface area contributed by atoms with Crippen molar-refractivity contribution in [2.75, 3.05) is 23.3 Å². The van der Waals surface area contributed by atoms with E-state index in [9.17, 15) is 18.8 Å². The Labute approximate surface area is 219 Å². The molecule has 2 aliphatic heterocycles. The number of unbranched alkanes of at least 4 members (excludes halogenated alkanes) is 5. The summed E-state index contributed by atoms with van der Waals surface area (Å²) >= 11 is 6.61. The average molecular weight is 526 g/mol. The van der Waals surface area contributed by atoms with Crippen molar-refractivity contribution in [3.05, 3.63) is 64.8 Å². The first-order valence-electron chi connectivity index (χ1n) is 12.2. The van der Waals surface area contributed by atoms with E-state index in [-0.39, 0.29) is 23.7 Å². The molecular weight excluding hydrogens is 497 g/mol. The number of hydrogen-bond acceptors (Lipinski definition) is 5. The molecule has 0 radical (unpaired) electrons. The van der Waals surface area contributed by atoms with Crippen LogP contribution in [0.1, 0.15) is 51.0 Å². The quantitative estimate of drug-likeness (QED) is 0.243. The highest BCUT2D eigenvalue weighted by atomic mass is 32.2. The van der Waals surface area contributed by atoms with Crippen LogP contribution in [0.5, 0.6) is 0 Å². The molecule has 0 aromatic heterocycles. The fraction of sp³-hybridized carbons (Fsp3) is 0.333. The van der Waals surface area contributed by atoms with Crippen LogP contribution >= 0.6 is 24.0 Å². The van der Waals surface area contributed by atoms with Gasteiger partial charge < -0.3 is 5.32 Å². The SMILES string of the molecule is CCCCCCCCN1C(=O)/C(=C2/C(=O)N(CC(=O)Nc3ccccc3F)c3ccccc32)SC1=S. The summed E-state index contributed by atoms with van der Waals surface area (Å²) in [6, 6.07) is 12.9. The lowest BCUT2D eigenvalue weighted by molar-refractivity contribution is -0.122. The van der Waals surface area contributed by atoms with E-state index in [0.29, 0.717) is 27.0 Å². The Bertz CT molecular complexity index is 1230. The number of hydrogen-bond donors (Lipinski definition) is 1. The number of carbonyl (C=O) groups excluding carboxylic acids is 3. The lowest BCUT2D eigenvalue weighted by Gasteiger charge is -2.17. The number of nitrogens with zero attached hydrogens (tertiary/aromatic N) is 2. The van der Waals surface area contributed by atoms with Gasteiger partial charge in [0.15, 0.2) is 0 Å². The van der Waals surface area contributed by atoms with E-state index in [4.69, 9.17) is 12.2 Å². The van der Waals surface area contributed by atoms with Gasteiger partial charge in [0.25, 0.3) is 11.8 Å². The maximum absolute atomic E-state index is 14.0. The van der Waals surface area contributed by atoms with Gasteiger partial charge in [0.05, 0.1) is 21.9 Å². The summed E-state index contributed by atoms with van der Waals surface area (Å²) in [5, 5.41) is 2.51. The third-order valence-corrected chi connectivity index (χ3v) is 7.63. The zero-order valence-electron chi connectivity index (χ0n) is 20.1. The van der Waals surface area contributed by atoms with Crippen LogP contribution in [0.4, 0.5) is 15.8 Å². The van der Waals surface area contributed by atoms with Crippen LogP contribution in [0.15, 0.2) is 53.4 Å². The van der Waals surface area contributed by atoms with Gasteiger partial charge >= 0.3 is 0 Å².